The average Bonchev–Trinajstić information content (AvgIpc) is 2.18. The number of carbonyl (C=O) groups is 1. The molecular weight excluding hydrogens is 170 g/mol. The number of esters is 1. The van der Waals surface area contributed by atoms with E-state index in [9.17, 15) is 4.79 Å². The third-order valence-corrected chi connectivity index (χ3v) is 1.45. The van der Waals surface area contributed by atoms with Crippen LogP contribution in [-0.2, 0) is 9.53 Å². The Morgan fingerprint density at radius 2 is 2.46 bits per heavy atom. The largest absolute Gasteiger partial charge is 0.435 e. The summed E-state index contributed by atoms with van der Waals surface area (Å²) in [5.74, 6) is -0.643. The Labute approximate surface area is 75.5 Å². The van der Waals surface area contributed by atoms with Crippen molar-refractivity contribution in [3.63, 3.8) is 0 Å². The highest BCUT2D eigenvalue weighted by Gasteiger charge is 2.09. The number of aromatic nitrogens is 1. The summed E-state index contributed by atoms with van der Waals surface area (Å²) in [7, 11) is 0. The first kappa shape index (κ1) is 9.41. The van der Waals surface area contributed by atoms with Crippen LogP contribution in [0.2, 0.25) is 0 Å². The summed E-state index contributed by atoms with van der Waals surface area (Å²) >= 11 is 0. The van der Waals surface area contributed by atoms with Crippen molar-refractivity contribution in [3.05, 3.63) is 36.7 Å². The number of hydrogen-bond donors (Lipinski definition) is 1. The topological polar surface area (TPSA) is 59.4 Å². The molecule has 0 bridgehead atoms. The van der Waals surface area contributed by atoms with Gasteiger partial charge in [-0.3, -0.25) is 4.98 Å². The van der Waals surface area contributed by atoms with Crippen LogP contribution >= 0.6 is 0 Å². The first-order chi connectivity index (χ1) is 6.25. The molecule has 0 aliphatic heterocycles. The third-order valence-electron chi connectivity index (χ3n) is 1.45. The SMILES string of the molecule is C=C(C(=O)OCO)c1cccnc1. The van der Waals surface area contributed by atoms with Crippen LogP contribution in [0.25, 0.3) is 5.57 Å². The predicted molar refractivity (Wildman–Crippen MR) is 46.4 cm³/mol. The zero-order valence-corrected chi connectivity index (χ0v) is 6.93. The molecule has 1 aromatic heterocycles. The molecule has 0 saturated heterocycles. The molecular formula is C9H9NO3. The van der Waals surface area contributed by atoms with Crippen LogP contribution in [0.5, 0.6) is 0 Å². The zero-order chi connectivity index (χ0) is 9.68. The van der Waals surface area contributed by atoms with Gasteiger partial charge >= 0.3 is 5.97 Å². The highest BCUT2D eigenvalue weighted by Crippen LogP contribution is 2.11. The van der Waals surface area contributed by atoms with Crippen molar-refractivity contribution >= 4 is 11.5 Å². The van der Waals surface area contributed by atoms with Crippen molar-refractivity contribution in [1.29, 1.82) is 0 Å². The van der Waals surface area contributed by atoms with Gasteiger partial charge in [0.2, 0.25) is 0 Å². The molecule has 1 rings (SSSR count). The smallest absolute Gasteiger partial charge is 0.340 e. The summed E-state index contributed by atoms with van der Waals surface area (Å²) in [5.41, 5.74) is 0.767. The summed E-state index contributed by atoms with van der Waals surface area (Å²) in [6.07, 6.45) is 3.09. The molecule has 0 amide bonds. The molecule has 0 fully saturated rings. The summed E-state index contributed by atoms with van der Waals surface area (Å²) < 4.78 is 4.35. The monoisotopic (exact) mass is 179 g/mol. The van der Waals surface area contributed by atoms with Crippen LogP contribution in [0, 0.1) is 0 Å². The van der Waals surface area contributed by atoms with Gasteiger partial charge in [0.05, 0.1) is 5.57 Å². The highest BCUT2D eigenvalue weighted by molar-refractivity contribution is 6.15. The Bertz CT molecular complexity index is 308. The number of aliphatic hydroxyl groups excluding tert-OH is 1. The van der Waals surface area contributed by atoms with Gasteiger partial charge in [0, 0.05) is 18.0 Å². The first-order valence-electron chi connectivity index (χ1n) is 3.63. The Hall–Kier alpha value is -1.68. The predicted octanol–water partition coefficient (Wildman–Crippen LogP) is 0.588. The fourth-order valence-corrected chi connectivity index (χ4v) is 0.805. The van der Waals surface area contributed by atoms with Crippen molar-refractivity contribution in [2.75, 3.05) is 6.79 Å². The molecule has 13 heavy (non-hydrogen) atoms. The van der Waals surface area contributed by atoms with E-state index in [1.165, 1.54) is 6.20 Å². The molecule has 1 N–H and O–H groups in total. The van der Waals surface area contributed by atoms with Crippen LogP contribution < -0.4 is 0 Å². The lowest BCUT2D eigenvalue weighted by molar-refractivity contribution is -0.144. The maximum absolute atomic E-state index is 11.0. The van der Waals surface area contributed by atoms with Crippen molar-refractivity contribution in [3.8, 4) is 0 Å². The number of carbonyl (C=O) groups excluding carboxylic acids is 1. The molecule has 0 spiro atoms. The molecule has 0 aliphatic rings. The van der Waals surface area contributed by atoms with Gasteiger partial charge in [0.25, 0.3) is 0 Å². The van der Waals surface area contributed by atoms with Crippen molar-refractivity contribution < 1.29 is 14.6 Å². The molecule has 0 aliphatic carbocycles. The van der Waals surface area contributed by atoms with E-state index in [1.54, 1.807) is 18.3 Å². The third kappa shape index (κ3) is 2.38. The van der Waals surface area contributed by atoms with E-state index in [2.05, 4.69) is 16.3 Å². The zero-order valence-electron chi connectivity index (χ0n) is 6.93. The van der Waals surface area contributed by atoms with Gasteiger partial charge in [0.1, 0.15) is 0 Å². The van der Waals surface area contributed by atoms with E-state index in [0.717, 1.165) is 0 Å². The van der Waals surface area contributed by atoms with E-state index in [1.807, 2.05) is 0 Å². The average molecular weight is 179 g/mol. The summed E-state index contributed by atoms with van der Waals surface area (Å²) in [6.45, 7) is 2.88. The van der Waals surface area contributed by atoms with E-state index >= 15 is 0 Å². The lowest BCUT2D eigenvalue weighted by atomic mass is 10.1. The molecule has 0 atom stereocenters. The fourth-order valence-electron chi connectivity index (χ4n) is 0.805. The Morgan fingerprint density at radius 3 is 3.00 bits per heavy atom. The Kier molecular flexibility index (Phi) is 3.16. The minimum Gasteiger partial charge on any atom is -0.435 e. The van der Waals surface area contributed by atoms with Crippen LogP contribution in [0.1, 0.15) is 5.56 Å². The van der Waals surface area contributed by atoms with Gasteiger partial charge < -0.3 is 9.84 Å². The van der Waals surface area contributed by atoms with Gasteiger partial charge in [0.15, 0.2) is 6.79 Å². The van der Waals surface area contributed by atoms with Crippen LogP contribution in [0.4, 0.5) is 0 Å². The second-order valence-corrected chi connectivity index (χ2v) is 2.28. The maximum atomic E-state index is 11.0. The van der Waals surface area contributed by atoms with E-state index in [0.29, 0.717) is 5.56 Å². The minimum absolute atomic E-state index is 0.183. The van der Waals surface area contributed by atoms with Crippen LogP contribution in [0.15, 0.2) is 31.1 Å². The molecule has 0 saturated carbocycles. The number of rotatable bonds is 3. The number of hydrogen-bond acceptors (Lipinski definition) is 4. The Balaban J connectivity index is 2.74. The molecule has 1 heterocycles. The van der Waals surface area contributed by atoms with E-state index < -0.39 is 12.8 Å². The van der Waals surface area contributed by atoms with Crippen molar-refractivity contribution in [2.45, 2.75) is 0 Å². The van der Waals surface area contributed by atoms with Gasteiger partial charge in [-0.25, -0.2) is 4.79 Å². The second kappa shape index (κ2) is 4.37. The number of ether oxygens (including phenoxy) is 1. The summed E-state index contributed by atoms with van der Waals surface area (Å²) in [5, 5.41) is 8.33. The standard InChI is InChI=1S/C9H9NO3/c1-7(9(12)13-6-11)8-3-2-4-10-5-8/h2-5,11H,1,6H2. The first-order valence-corrected chi connectivity index (χ1v) is 3.63. The van der Waals surface area contributed by atoms with E-state index in [-0.39, 0.29) is 5.57 Å². The summed E-state index contributed by atoms with van der Waals surface area (Å²) in [6, 6.07) is 3.38. The highest BCUT2D eigenvalue weighted by atomic mass is 16.6. The van der Waals surface area contributed by atoms with Gasteiger partial charge in [-0.05, 0) is 6.07 Å². The molecule has 68 valence electrons. The minimum atomic E-state index is -0.643. The molecule has 4 nitrogen and oxygen atoms in total. The van der Waals surface area contributed by atoms with Crippen LogP contribution in [-0.4, -0.2) is 22.9 Å². The fraction of sp³-hybridized carbons (Fsp3) is 0.111. The second-order valence-electron chi connectivity index (χ2n) is 2.28. The molecule has 1 aromatic rings. The van der Waals surface area contributed by atoms with Gasteiger partial charge in [-0.1, -0.05) is 12.6 Å². The van der Waals surface area contributed by atoms with E-state index in [4.69, 9.17) is 5.11 Å². The maximum Gasteiger partial charge on any atom is 0.340 e. The molecule has 0 aromatic carbocycles. The number of nitrogens with zero attached hydrogens (tertiary/aromatic N) is 1. The van der Waals surface area contributed by atoms with Gasteiger partial charge in [-0.2, -0.15) is 0 Å². The lowest BCUT2D eigenvalue weighted by Gasteiger charge is -2.03. The van der Waals surface area contributed by atoms with Gasteiger partial charge in [-0.15, -0.1) is 0 Å². The molecule has 0 radical (unpaired) electrons. The molecule has 4 heteroatoms. The van der Waals surface area contributed by atoms with Crippen LogP contribution in [0.3, 0.4) is 0 Å². The van der Waals surface area contributed by atoms with Crippen molar-refractivity contribution in [2.24, 2.45) is 0 Å². The quantitative estimate of drug-likeness (QED) is 0.419. The number of aliphatic hydroxyl groups is 1. The normalized spacial score (nSPS) is 9.31. The number of pyridine rings is 1. The van der Waals surface area contributed by atoms with Crippen molar-refractivity contribution in [1.82, 2.24) is 4.98 Å². The Morgan fingerprint density at radius 1 is 1.69 bits per heavy atom. The molecule has 0 unspecified atom stereocenters. The summed E-state index contributed by atoms with van der Waals surface area (Å²) in [4.78, 5) is 14.9. The lowest BCUT2D eigenvalue weighted by Crippen LogP contribution is -2.06.